The minimum atomic E-state index is -0.413. The number of rotatable bonds is 3. The van der Waals surface area contributed by atoms with E-state index < -0.39 is 5.92 Å². The molecule has 25 heavy (non-hydrogen) atoms. The van der Waals surface area contributed by atoms with Crippen molar-refractivity contribution in [1.29, 1.82) is 0 Å². The van der Waals surface area contributed by atoms with Crippen LogP contribution in [-0.4, -0.2) is 18.4 Å². The van der Waals surface area contributed by atoms with Crippen LogP contribution in [-0.2, 0) is 9.59 Å². The quantitative estimate of drug-likeness (QED) is 0.850. The first-order valence-corrected chi connectivity index (χ1v) is 8.75. The van der Waals surface area contributed by atoms with Crippen LogP contribution in [0.2, 0.25) is 10.0 Å². The Kier molecular flexibility index (Phi) is 5.02. The lowest BCUT2D eigenvalue weighted by Gasteiger charge is -2.19. The minimum absolute atomic E-state index is 0.0756. The smallest absolute Gasteiger partial charge is 0.229 e. The Labute approximate surface area is 156 Å². The van der Waals surface area contributed by atoms with Crippen molar-refractivity contribution in [3.8, 4) is 0 Å². The number of carbonyl (C=O) groups is 2. The van der Waals surface area contributed by atoms with Gasteiger partial charge in [0.25, 0.3) is 0 Å². The van der Waals surface area contributed by atoms with Crippen LogP contribution >= 0.6 is 23.2 Å². The van der Waals surface area contributed by atoms with Crippen molar-refractivity contribution in [3.63, 3.8) is 0 Å². The summed E-state index contributed by atoms with van der Waals surface area (Å²) in [5, 5.41) is 4.04. The Hall–Kier alpha value is -2.04. The molecule has 4 nitrogen and oxygen atoms in total. The molecular weight excluding hydrogens is 359 g/mol. The highest BCUT2D eigenvalue weighted by molar-refractivity contribution is 6.32. The normalized spacial score (nSPS) is 17.0. The Bertz CT molecular complexity index is 851. The summed E-state index contributed by atoms with van der Waals surface area (Å²) >= 11 is 12.1. The van der Waals surface area contributed by atoms with E-state index >= 15 is 0 Å². The number of hydrogen-bond acceptors (Lipinski definition) is 2. The molecular formula is C19H18Cl2N2O2. The monoisotopic (exact) mass is 376 g/mol. The van der Waals surface area contributed by atoms with E-state index in [0.717, 1.165) is 16.8 Å². The second-order valence-corrected chi connectivity index (χ2v) is 7.08. The average molecular weight is 377 g/mol. The predicted octanol–water partition coefficient (Wildman–Crippen LogP) is 4.60. The third-order valence-corrected chi connectivity index (χ3v) is 5.13. The third kappa shape index (κ3) is 3.65. The van der Waals surface area contributed by atoms with Crippen LogP contribution in [0, 0.1) is 19.8 Å². The van der Waals surface area contributed by atoms with Crippen molar-refractivity contribution in [2.75, 3.05) is 16.8 Å². The zero-order valence-electron chi connectivity index (χ0n) is 14.0. The fraction of sp³-hybridized carbons (Fsp3) is 0.263. The lowest BCUT2D eigenvalue weighted by molar-refractivity contribution is -0.122. The first-order valence-electron chi connectivity index (χ1n) is 7.99. The van der Waals surface area contributed by atoms with E-state index in [1.807, 2.05) is 19.9 Å². The molecule has 1 N–H and O–H groups in total. The van der Waals surface area contributed by atoms with Crippen molar-refractivity contribution in [2.45, 2.75) is 20.3 Å². The van der Waals surface area contributed by atoms with Gasteiger partial charge in [-0.2, -0.15) is 0 Å². The van der Waals surface area contributed by atoms with Gasteiger partial charge in [0, 0.05) is 34.4 Å². The molecule has 0 spiro atoms. The number of halogens is 2. The van der Waals surface area contributed by atoms with Gasteiger partial charge in [-0.15, -0.1) is 0 Å². The topological polar surface area (TPSA) is 49.4 Å². The molecule has 1 fully saturated rings. The molecule has 1 aliphatic heterocycles. The standard InChI is InChI=1S/C19H18Cl2N2O2/c1-11-6-7-14(20)9-17(11)23-10-13(8-18(23)24)19(25)22-16-5-3-4-15(21)12(16)2/h3-7,9,13H,8,10H2,1-2H3,(H,22,25). The number of nitrogens with one attached hydrogen (secondary N) is 1. The maximum absolute atomic E-state index is 12.6. The molecule has 130 valence electrons. The average Bonchev–Trinajstić information content (AvgIpc) is 2.96. The van der Waals surface area contributed by atoms with E-state index in [9.17, 15) is 9.59 Å². The van der Waals surface area contributed by atoms with Crippen molar-refractivity contribution >= 4 is 46.4 Å². The molecule has 1 aliphatic rings. The Morgan fingerprint density at radius 3 is 2.72 bits per heavy atom. The second kappa shape index (κ2) is 7.06. The summed E-state index contributed by atoms with van der Waals surface area (Å²) in [4.78, 5) is 26.6. The van der Waals surface area contributed by atoms with Crippen LogP contribution in [0.5, 0.6) is 0 Å². The molecule has 2 aromatic rings. The molecule has 0 radical (unpaired) electrons. The molecule has 0 aliphatic carbocycles. The molecule has 1 saturated heterocycles. The molecule has 0 saturated carbocycles. The summed E-state index contributed by atoms with van der Waals surface area (Å²) in [5.41, 5.74) is 3.18. The largest absolute Gasteiger partial charge is 0.325 e. The highest BCUT2D eigenvalue weighted by Gasteiger charge is 2.35. The van der Waals surface area contributed by atoms with Crippen LogP contribution < -0.4 is 10.2 Å². The Morgan fingerprint density at radius 1 is 1.20 bits per heavy atom. The van der Waals surface area contributed by atoms with Crippen molar-refractivity contribution < 1.29 is 9.59 Å². The summed E-state index contributed by atoms with van der Waals surface area (Å²) in [6.07, 6.45) is 0.178. The van der Waals surface area contributed by atoms with Gasteiger partial charge in [-0.05, 0) is 49.2 Å². The number of nitrogens with zero attached hydrogens (tertiary/aromatic N) is 1. The van der Waals surface area contributed by atoms with Crippen molar-refractivity contribution in [3.05, 3.63) is 57.6 Å². The van der Waals surface area contributed by atoms with Crippen LogP contribution in [0.1, 0.15) is 17.5 Å². The maximum atomic E-state index is 12.6. The first-order chi connectivity index (χ1) is 11.9. The number of aryl methyl sites for hydroxylation is 1. The van der Waals surface area contributed by atoms with Crippen LogP contribution in [0.4, 0.5) is 11.4 Å². The van der Waals surface area contributed by atoms with Crippen molar-refractivity contribution in [2.24, 2.45) is 5.92 Å². The van der Waals surface area contributed by atoms with E-state index in [2.05, 4.69) is 5.32 Å². The summed E-state index contributed by atoms with van der Waals surface area (Å²) in [7, 11) is 0. The number of carbonyl (C=O) groups excluding carboxylic acids is 2. The molecule has 1 unspecified atom stereocenters. The van der Waals surface area contributed by atoms with Gasteiger partial charge >= 0.3 is 0 Å². The van der Waals surface area contributed by atoms with Gasteiger partial charge in [0.1, 0.15) is 0 Å². The lowest BCUT2D eigenvalue weighted by atomic mass is 10.1. The predicted molar refractivity (Wildman–Crippen MR) is 101 cm³/mol. The molecule has 6 heteroatoms. The highest BCUT2D eigenvalue weighted by atomic mass is 35.5. The number of amides is 2. The fourth-order valence-corrected chi connectivity index (χ4v) is 3.31. The molecule has 2 aromatic carbocycles. The van der Waals surface area contributed by atoms with E-state index in [4.69, 9.17) is 23.2 Å². The van der Waals surface area contributed by atoms with Crippen LogP contribution in [0.15, 0.2) is 36.4 Å². The van der Waals surface area contributed by atoms with Gasteiger partial charge in [-0.1, -0.05) is 35.3 Å². The van der Waals surface area contributed by atoms with Gasteiger partial charge in [0.2, 0.25) is 11.8 Å². The molecule has 0 bridgehead atoms. The number of anilines is 2. The SMILES string of the molecule is Cc1ccc(Cl)cc1N1CC(C(=O)Nc2cccc(Cl)c2C)CC1=O. The highest BCUT2D eigenvalue weighted by Crippen LogP contribution is 2.31. The zero-order chi connectivity index (χ0) is 18.1. The second-order valence-electron chi connectivity index (χ2n) is 6.24. The van der Waals surface area contributed by atoms with Gasteiger partial charge in [0.05, 0.1) is 5.92 Å². The van der Waals surface area contributed by atoms with E-state index in [1.54, 1.807) is 35.2 Å². The van der Waals surface area contributed by atoms with Gasteiger partial charge in [-0.25, -0.2) is 0 Å². The molecule has 1 atom stereocenters. The van der Waals surface area contributed by atoms with Crippen LogP contribution in [0.25, 0.3) is 0 Å². The van der Waals surface area contributed by atoms with E-state index in [1.165, 1.54) is 0 Å². The molecule has 2 amide bonds. The minimum Gasteiger partial charge on any atom is -0.325 e. The van der Waals surface area contributed by atoms with Gasteiger partial charge in [0.15, 0.2) is 0 Å². The van der Waals surface area contributed by atoms with Crippen molar-refractivity contribution in [1.82, 2.24) is 0 Å². The third-order valence-electron chi connectivity index (χ3n) is 4.48. The maximum Gasteiger partial charge on any atom is 0.229 e. The first kappa shape index (κ1) is 17.8. The number of benzene rings is 2. The Morgan fingerprint density at radius 2 is 1.96 bits per heavy atom. The Balaban J connectivity index is 1.77. The van der Waals surface area contributed by atoms with E-state index in [0.29, 0.717) is 22.3 Å². The zero-order valence-corrected chi connectivity index (χ0v) is 15.5. The van der Waals surface area contributed by atoms with Gasteiger partial charge in [-0.3, -0.25) is 9.59 Å². The van der Waals surface area contributed by atoms with E-state index in [-0.39, 0.29) is 18.2 Å². The summed E-state index contributed by atoms with van der Waals surface area (Å²) in [6, 6.07) is 10.8. The fourth-order valence-electron chi connectivity index (χ4n) is 2.97. The van der Waals surface area contributed by atoms with Gasteiger partial charge < -0.3 is 10.2 Å². The molecule has 3 rings (SSSR count). The number of hydrogen-bond donors (Lipinski definition) is 1. The lowest BCUT2D eigenvalue weighted by Crippen LogP contribution is -2.28. The summed E-state index contributed by atoms with van der Waals surface area (Å²) in [6.45, 7) is 4.10. The summed E-state index contributed by atoms with van der Waals surface area (Å²) in [5.74, 6) is -0.668. The van der Waals surface area contributed by atoms with Crippen LogP contribution in [0.3, 0.4) is 0 Å². The summed E-state index contributed by atoms with van der Waals surface area (Å²) < 4.78 is 0. The molecule has 0 aromatic heterocycles. The molecule has 1 heterocycles.